The highest BCUT2D eigenvalue weighted by Crippen LogP contribution is 2.40. The Balaban J connectivity index is 0.00000289. The zero-order valence-corrected chi connectivity index (χ0v) is 19.2. The first-order valence-corrected chi connectivity index (χ1v) is 12.5. The summed E-state index contributed by atoms with van der Waals surface area (Å²) in [6, 6.07) is 9.36. The van der Waals surface area contributed by atoms with E-state index in [0.29, 0.717) is 5.92 Å². The third kappa shape index (κ3) is 5.56. The zero-order chi connectivity index (χ0) is 21.6. The van der Waals surface area contributed by atoms with Crippen LogP contribution in [0.1, 0.15) is 89.6 Å². The molecule has 1 atom stereocenters. The summed E-state index contributed by atoms with van der Waals surface area (Å²) in [5, 5.41) is 0. The lowest BCUT2D eigenvalue weighted by molar-refractivity contribution is -0.118. The fraction of sp³-hybridized carbons (Fsp3) is 0.500. The molecular weight excluding hydrogens is 376 g/mol. The van der Waals surface area contributed by atoms with Gasteiger partial charge >= 0.3 is 0 Å². The van der Waals surface area contributed by atoms with Crippen molar-refractivity contribution in [3.63, 3.8) is 0 Å². The van der Waals surface area contributed by atoms with E-state index in [-0.39, 0.29) is 13.1 Å². The highest BCUT2D eigenvalue weighted by Gasteiger charge is 2.34. The highest BCUT2D eigenvalue weighted by molar-refractivity contribution is 5.97. The van der Waals surface area contributed by atoms with Crippen LogP contribution in [-0.4, -0.2) is 5.78 Å². The third-order valence-electron chi connectivity index (χ3n) is 7.69. The monoisotopic (exact) mass is 416 g/mol. The molecule has 0 aromatic heterocycles. The van der Waals surface area contributed by atoms with E-state index in [4.69, 9.17) is 0 Å². The zero-order valence-electron chi connectivity index (χ0n) is 19.2. The van der Waals surface area contributed by atoms with E-state index < -0.39 is 0 Å². The average Bonchev–Trinajstić information content (AvgIpc) is 3.15. The molecule has 3 aliphatic carbocycles. The van der Waals surface area contributed by atoms with Crippen molar-refractivity contribution in [1.29, 1.82) is 0 Å². The Morgan fingerprint density at radius 3 is 2.29 bits per heavy atom. The molecule has 31 heavy (non-hydrogen) atoms. The summed E-state index contributed by atoms with van der Waals surface area (Å²) < 4.78 is 0. The van der Waals surface area contributed by atoms with Crippen LogP contribution in [0.2, 0.25) is 0 Å². The molecular formula is C30H40O. The topological polar surface area (TPSA) is 17.1 Å². The maximum Gasteiger partial charge on any atom is 0.163 e. The highest BCUT2D eigenvalue weighted by atomic mass is 16.1. The molecule has 2 saturated carbocycles. The molecule has 1 nitrogen and oxygen atoms in total. The lowest BCUT2D eigenvalue weighted by Gasteiger charge is -2.27. The molecule has 0 spiro atoms. The Kier molecular flexibility index (Phi) is 7.43. The summed E-state index contributed by atoms with van der Waals surface area (Å²) in [7, 11) is 0. The Labute approximate surface area is 190 Å². The summed E-state index contributed by atoms with van der Waals surface area (Å²) in [6.07, 6.45) is 22.2. The van der Waals surface area contributed by atoms with Gasteiger partial charge in [-0.1, -0.05) is 93.2 Å². The molecule has 0 N–H and O–H groups in total. The molecule has 0 heterocycles. The van der Waals surface area contributed by atoms with Crippen molar-refractivity contribution >= 4 is 5.78 Å². The van der Waals surface area contributed by atoms with Crippen LogP contribution in [0.4, 0.5) is 0 Å². The molecule has 0 saturated heterocycles. The molecule has 1 heteroatoms. The molecule has 1 unspecified atom stereocenters. The Morgan fingerprint density at radius 2 is 1.61 bits per heavy atom. The quantitative estimate of drug-likeness (QED) is 0.441. The Bertz CT molecular complexity index is 872. The summed E-state index contributed by atoms with van der Waals surface area (Å²) in [4.78, 5) is 12.5. The SMILES string of the molecule is C=C1/C(=C\C=C(/C)Cc2ccc(C3CCCCCC3)cc2)C=CC(=O)C1C1CCCC1.[HH]. The molecule has 1 aromatic carbocycles. The van der Waals surface area contributed by atoms with Crippen molar-refractivity contribution in [3.8, 4) is 0 Å². The fourth-order valence-corrected chi connectivity index (χ4v) is 5.84. The first kappa shape index (κ1) is 22.1. The predicted molar refractivity (Wildman–Crippen MR) is 133 cm³/mol. The lowest BCUT2D eigenvalue weighted by atomic mass is 9.76. The van der Waals surface area contributed by atoms with E-state index in [1.165, 1.54) is 80.9 Å². The smallest absolute Gasteiger partial charge is 0.163 e. The molecule has 0 radical (unpaired) electrons. The maximum atomic E-state index is 12.5. The van der Waals surface area contributed by atoms with Crippen LogP contribution < -0.4 is 0 Å². The average molecular weight is 417 g/mol. The van der Waals surface area contributed by atoms with Crippen LogP contribution in [0.25, 0.3) is 0 Å². The molecule has 0 amide bonds. The van der Waals surface area contributed by atoms with Crippen LogP contribution in [0.3, 0.4) is 0 Å². The van der Waals surface area contributed by atoms with E-state index >= 15 is 0 Å². The van der Waals surface area contributed by atoms with Gasteiger partial charge < -0.3 is 0 Å². The van der Waals surface area contributed by atoms with Crippen LogP contribution >= 0.6 is 0 Å². The van der Waals surface area contributed by atoms with Gasteiger partial charge in [0.2, 0.25) is 0 Å². The number of hydrogen-bond acceptors (Lipinski definition) is 1. The number of benzene rings is 1. The van der Waals surface area contributed by atoms with Gasteiger partial charge in [-0.15, -0.1) is 0 Å². The van der Waals surface area contributed by atoms with Gasteiger partial charge in [0.05, 0.1) is 0 Å². The van der Waals surface area contributed by atoms with Crippen molar-refractivity contribution in [2.75, 3.05) is 0 Å². The van der Waals surface area contributed by atoms with Gasteiger partial charge in [0.1, 0.15) is 0 Å². The Hall–Kier alpha value is -2.15. The van der Waals surface area contributed by atoms with Crippen molar-refractivity contribution < 1.29 is 6.22 Å². The van der Waals surface area contributed by atoms with E-state index in [2.05, 4.69) is 49.9 Å². The van der Waals surface area contributed by atoms with E-state index in [1.807, 2.05) is 6.08 Å². The van der Waals surface area contributed by atoms with Crippen molar-refractivity contribution in [3.05, 3.63) is 83.0 Å². The van der Waals surface area contributed by atoms with Gasteiger partial charge in [0.25, 0.3) is 0 Å². The molecule has 2 fully saturated rings. The van der Waals surface area contributed by atoms with E-state index in [1.54, 1.807) is 6.08 Å². The maximum absolute atomic E-state index is 12.5. The second-order valence-electron chi connectivity index (χ2n) is 10.0. The van der Waals surface area contributed by atoms with Crippen LogP contribution in [-0.2, 0) is 11.2 Å². The number of rotatable bonds is 5. The second-order valence-corrected chi connectivity index (χ2v) is 10.0. The molecule has 3 aliphatic rings. The molecule has 0 aliphatic heterocycles. The number of hydrogen-bond donors (Lipinski definition) is 0. The minimum Gasteiger partial charge on any atom is -0.294 e. The van der Waals surface area contributed by atoms with Gasteiger partial charge in [0, 0.05) is 7.34 Å². The summed E-state index contributed by atoms with van der Waals surface area (Å²) >= 11 is 0. The first-order valence-electron chi connectivity index (χ1n) is 12.5. The number of carbonyl (C=O) groups is 1. The largest absolute Gasteiger partial charge is 0.294 e. The summed E-state index contributed by atoms with van der Waals surface area (Å²) in [5.41, 5.74) is 6.39. The number of ketones is 1. The lowest BCUT2D eigenvalue weighted by Crippen LogP contribution is -2.25. The van der Waals surface area contributed by atoms with Gasteiger partial charge in [-0.3, -0.25) is 4.79 Å². The summed E-state index contributed by atoms with van der Waals surface area (Å²) in [5.74, 6) is 1.51. The minimum absolute atomic E-state index is 0. The van der Waals surface area contributed by atoms with Crippen molar-refractivity contribution in [2.24, 2.45) is 11.8 Å². The molecule has 4 rings (SSSR count). The van der Waals surface area contributed by atoms with Crippen molar-refractivity contribution in [2.45, 2.75) is 83.5 Å². The third-order valence-corrected chi connectivity index (χ3v) is 7.69. The molecule has 0 bridgehead atoms. The van der Waals surface area contributed by atoms with Gasteiger partial charge in [-0.25, -0.2) is 0 Å². The number of allylic oxidation sites excluding steroid dienone is 7. The van der Waals surface area contributed by atoms with Crippen LogP contribution in [0, 0.1) is 11.8 Å². The Morgan fingerprint density at radius 1 is 0.968 bits per heavy atom. The first-order chi connectivity index (χ1) is 15.1. The van der Waals surface area contributed by atoms with Crippen molar-refractivity contribution in [1.82, 2.24) is 0 Å². The van der Waals surface area contributed by atoms with Crippen LogP contribution in [0.15, 0.2) is 71.9 Å². The number of carbonyl (C=O) groups excluding carboxylic acids is 1. The summed E-state index contributed by atoms with van der Waals surface area (Å²) in [6.45, 7) is 6.52. The normalized spacial score (nSPS) is 25.4. The standard InChI is InChI=1S/C30H38O.H2/c1-22(21-24-14-17-27(18-15-24)26-9-5-3-4-6-10-26)13-16-25-19-20-29(31)30(23(25)2)28-11-7-8-12-28;/h13-20,26,28,30H,2-12,21H2,1H3;1H/b22-13+,25-16-;. The van der Waals surface area contributed by atoms with Gasteiger partial charge in [-0.2, -0.15) is 0 Å². The molecule has 1 aromatic rings. The van der Waals surface area contributed by atoms with Gasteiger partial charge in [0.15, 0.2) is 5.78 Å². The minimum atomic E-state index is 0. The second kappa shape index (κ2) is 10.4. The van der Waals surface area contributed by atoms with Gasteiger partial charge in [-0.05, 0) is 79.2 Å². The fourth-order valence-electron chi connectivity index (χ4n) is 5.84. The predicted octanol–water partition coefficient (Wildman–Crippen LogP) is 8.29. The van der Waals surface area contributed by atoms with E-state index in [0.717, 1.165) is 23.5 Å². The molecule has 166 valence electrons. The van der Waals surface area contributed by atoms with E-state index in [9.17, 15) is 4.79 Å². The van der Waals surface area contributed by atoms with Crippen LogP contribution in [0.5, 0.6) is 0 Å².